The molecule has 3 nitrogen and oxygen atoms in total. The molecule has 1 aliphatic carbocycles. The number of aliphatic carboxylic acids is 1. The number of benzene rings is 1. The SMILES string of the molecule is O=C(O)C=C1C2CCC1CN(Cc1ccccc1)C2. The summed E-state index contributed by atoms with van der Waals surface area (Å²) in [6.45, 7) is 2.99. The van der Waals surface area contributed by atoms with E-state index >= 15 is 0 Å². The van der Waals surface area contributed by atoms with Gasteiger partial charge in [0, 0.05) is 25.7 Å². The molecule has 0 spiro atoms. The van der Waals surface area contributed by atoms with Gasteiger partial charge in [0.25, 0.3) is 0 Å². The minimum absolute atomic E-state index is 0.457. The number of hydrogen-bond acceptors (Lipinski definition) is 2. The van der Waals surface area contributed by atoms with Gasteiger partial charge in [0.15, 0.2) is 0 Å². The molecule has 2 bridgehead atoms. The summed E-state index contributed by atoms with van der Waals surface area (Å²) in [7, 11) is 0. The van der Waals surface area contributed by atoms with Crippen molar-refractivity contribution in [1.82, 2.24) is 4.90 Å². The van der Waals surface area contributed by atoms with Gasteiger partial charge in [-0.25, -0.2) is 4.79 Å². The lowest BCUT2D eigenvalue weighted by Crippen LogP contribution is -2.37. The summed E-state index contributed by atoms with van der Waals surface area (Å²) < 4.78 is 0. The normalized spacial score (nSPS) is 26.4. The lowest BCUT2D eigenvalue weighted by atomic mass is 9.91. The lowest BCUT2D eigenvalue weighted by molar-refractivity contribution is -0.131. The Balaban J connectivity index is 1.69. The number of carboxylic acid groups (broad SMARTS) is 1. The van der Waals surface area contributed by atoms with Crippen molar-refractivity contribution in [3.63, 3.8) is 0 Å². The van der Waals surface area contributed by atoms with Gasteiger partial charge in [0.2, 0.25) is 0 Å². The fourth-order valence-corrected chi connectivity index (χ4v) is 3.51. The Hall–Kier alpha value is -1.61. The fraction of sp³-hybridized carbons (Fsp3) is 0.438. The van der Waals surface area contributed by atoms with E-state index in [9.17, 15) is 4.79 Å². The largest absolute Gasteiger partial charge is 0.478 e. The van der Waals surface area contributed by atoms with Crippen molar-refractivity contribution in [2.45, 2.75) is 19.4 Å². The van der Waals surface area contributed by atoms with Crippen LogP contribution in [0.4, 0.5) is 0 Å². The Kier molecular flexibility index (Phi) is 3.38. The molecule has 1 saturated carbocycles. The lowest BCUT2D eigenvalue weighted by Gasteiger charge is -2.33. The molecule has 1 saturated heterocycles. The number of carboxylic acids is 1. The molecule has 1 heterocycles. The van der Waals surface area contributed by atoms with E-state index in [1.807, 2.05) is 6.07 Å². The van der Waals surface area contributed by atoms with E-state index in [1.165, 1.54) is 17.2 Å². The molecule has 19 heavy (non-hydrogen) atoms. The molecule has 1 aliphatic heterocycles. The molecule has 2 aliphatic rings. The molecule has 1 aromatic rings. The predicted molar refractivity (Wildman–Crippen MR) is 73.7 cm³/mol. The summed E-state index contributed by atoms with van der Waals surface area (Å²) in [5.41, 5.74) is 2.52. The van der Waals surface area contributed by atoms with Gasteiger partial charge in [-0.15, -0.1) is 0 Å². The molecular formula is C16H19NO2. The summed E-state index contributed by atoms with van der Waals surface area (Å²) in [4.78, 5) is 13.3. The third kappa shape index (κ3) is 2.71. The van der Waals surface area contributed by atoms with Crippen LogP contribution in [-0.4, -0.2) is 29.1 Å². The Morgan fingerprint density at radius 2 is 1.84 bits per heavy atom. The molecule has 0 radical (unpaired) electrons. The van der Waals surface area contributed by atoms with Crippen LogP contribution < -0.4 is 0 Å². The van der Waals surface area contributed by atoms with Crippen molar-refractivity contribution in [2.75, 3.05) is 13.1 Å². The fourth-order valence-electron chi connectivity index (χ4n) is 3.51. The van der Waals surface area contributed by atoms with Crippen LogP contribution in [0.5, 0.6) is 0 Å². The van der Waals surface area contributed by atoms with Crippen LogP contribution in [-0.2, 0) is 11.3 Å². The standard InChI is InChI=1S/C16H19NO2/c18-16(19)8-15-13-6-7-14(15)11-17(10-13)9-12-4-2-1-3-5-12/h1-5,8,13-14H,6-7,9-11H2,(H,18,19). The molecule has 2 atom stereocenters. The summed E-state index contributed by atoms with van der Waals surface area (Å²) in [6, 6.07) is 10.5. The highest BCUT2D eigenvalue weighted by Gasteiger charge is 2.37. The number of rotatable bonds is 3. The van der Waals surface area contributed by atoms with Crippen LogP contribution in [0.1, 0.15) is 18.4 Å². The van der Waals surface area contributed by atoms with Crippen molar-refractivity contribution < 1.29 is 9.90 Å². The quantitative estimate of drug-likeness (QED) is 0.846. The maximum atomic E-state index is 10.9. The number of piperidine rings is 1. The van der Waals surface area contributed by atoms with Gasteiger partial charge in [0.05, 0.1) is 0 Å². The molecule has 2 fully saturated rings. The van der Waals surface area contributed by atoms with E-state index in [1.54, 1.807) is 0 Å². The maximum absolute atomic E-state index is 10.9. The van der Waals surface area contributed by atoms with Gasteiger partial charge in [0.1, 0.15) is 0 Å². The molecule has 100 valence electrons. The second-order valence-corrected chi connectivity index (χ2v) is 5.63. The van der Waals surface area contributed by atoms with Crippen LogP contribution in [0.15, 0.2) is 42.0 Å². The van der Waals surface area contributed by atoms with E-state index < -0.39 is 5.97 Å². The van der Waals surface area contributed by atoms with Gasteiger partial charge in [-0.3, -0.25) is 4.90 Å². The first-order valence-corrected chi connectivity index (χ1v) is 6.93. The van der Waals surface area contributed by atoms with E-state index in [4.69, 9.17) is 5.11 Å². The second kappa shape index (κ2) is 5.17. The summed E-state index contributed by atoms with van der Waals surface area (Å²) in [6.07, 6.45) is 3.76. The first kappa shape index (κ1) is 12.4. The topological polar surface area (TPSA) is 40.5 Å². The van der Waals surface area contributed by atoms with Crippen molar-refractivity contribution in [2.24, 2.45) is 11.8 Å². The van der Waals surface area contributed by atoms with E-state index in [2.05, 4.69) is 29.2 Å². The Morgan fingerprint density at radius 3 is 2.42 bits per heavy atom. The molecule has 3 rings (SSSR count). The highest BCUT2D eigenvalue weighted by Crippen LogP contribution is 2.41. The smallest absolute Gasteiger partial charge is 0.328 e. The van der Waals surface area contributed by atoms with E-state index in [0.29, 0.717) is 11.8 Å². The molecule has 0 aromatic heterocycles. The predicted octanol–water partition coefficient (Wildman–Crippen LogP) is 2.54. The zero-order valence-electron chi connectivity index (χ0n) is 11.0. The van der Waals surface area contributed by atoms with Crippen molar-refractivity contribution in [1.29, 1.82) is 0 Å². The number of carbonyl (C=O) groups is 1. The van der Waals surface area contributed by atoms with Crippen LogP contribution in [0.2, 0.25) is 0 Å². The number of nitrogens with zero attached hydrogens (tertiary/aromatic N) is 1. The van der Waals surface area contributed by atoms with Crippen LogP contribution in [0.25, 0.3) is 0 Å². The highest BCUT2D eigenvalue weighted by molar-refractivity contribution is 5.81. The molecule has 2 unspecified atom stereocenters. The van der Waals surface area contributed by atoms with Gasteiger partial charge in [-0.1, -0.05) is 35.9 Å². The third-order valence-corrected chi connectivity index (χ3v) is 4.30. The van der Waals surface area contributed by atoms with Crippen molar-refractivity contribution in [3.05, 3.63) is 47.5 Å². The maximum Gasteiger partial charge on any atom is 0.328 e. The third-order valence-electron chi connectivity index (χ3n) is 4.30. The minimum atomic E-state index is -0.789. The Labute approximate surface area is 113 Å². The van der Waals surface area contributed by atoms with Crippen LogP contribution in [0, 0.1) is 11.8 Å². The highest BCUT2D eigenvalue weighted by atomic mass is 16.4. The van der Waals surface area contributed by atoms with Gasteiger partial charge >= 0.3 is 5.97 Å². The second-order valence-electron chi connectivity index (χ2n) is 5.63. The Bertz CT molecular complexity index is 479. The van der Waals surface area contributed by atoms with Gasteiger partial charge < -0.3 is 5.11 Å². The van der Waals surface area contributed by atoms with Crippen LogP contribution >= 0.6 is 0 Å². The first-order chi connectivity index (χ1) is 9.22. The average Bonchev–Trinajstić information content (AvgIpc) is 2.62. The van der Waals surface area contributed by atoms with Crippen LogP contribution in [0.3, 0.4) is 0 Å². The van der Waals surface area contributed by atoms with Gasteiger partial charge in [-0.2, -0.15) is 0 Å². The molecule has 1 N–H and O–H groups in total. The number of likely N-dealkylation sites (tertiary alicyclic amines) is 1. The molecular weight excluding hydrogens is 238 g/mol. The minimum Gasteiger partial charge on any atom is -0.478 e. The van der Waals surface area contributed by atoms with Crippen molar-refractivity contribution in [3.8, 4) is 0 Å². The van der Waals surface area contributed by atoms with Gasteiger partial charge in [-0.05, 0) is 30.2 Å². The monoisotopic (exact) mass is 257 g/mol. The number of hydrogen-bond donors (Lipinski definition) is 1. The van der Waals surface area contributed by atoms with Crippen molar-refractivity contribution >= 4 is 5.97 Å². The average molecular weight is 257 g/mol. The molecule has 1 aromatic carbocycles. The van der Waals surface area contributed by atoms with E-state index in [0.717, 1.165) is 32.5 Å². The molecule has 0 amide bonds. The molecule has 3 heteroatoms. The van der Waals surface area contributed by atoms with E-state index in [-0.39, 0.29) is 0 Å². The zero-order chi connectivity index (χ0) is 13.2. The first-order valence-electron chi connectivity index (χ1n) is 6.93. The Morgan fingerprint density at radius 1 is 1.21 bits per heavy atom. The summed E-state index contributed by atoms with van der Waals surface area (Å²) >= 11 is 0. The summed E-state index contributed by atoms with van der Waals surface area (Å²) in [5.74, 6) is 0.125. The summed E-state index contributed by atoms with van der Waals surface area (Å²) in [5, 5.41) is 8.94. The zero-order valence-corrected chi connectivity index (χ0v) is 11.0. The number of fused-ring (bicyclic) bond motifs is 2.